The van der Waals surface area contributed by atoms with Crippen molar-refractivity contribution in [3.05, 3.63) is 24.3 Å². The van der Waals surface area contributed by atoms with Crippen molar-refractivity contribution in [1.82, 2.24) is 15.1 Å². The van der Waals surface area contributed by atoms with Gasteiger partial charge in [0.25, 0.3) is 0 Å². The van der Waals surface area contributed by atoms with Gasteiger partial charge in [0.15, 0.2) is 0 Å². The van der Waals surface area contributed by atoms with Crippen LogP contribution in [0.25, 0.3) is 0 Å². The number of carbonyl (C=O) groups is 3. The second-order valence-electron chi connectivity index (χ2n) is 9.45. The van der Waals surface area contributed by atoms with Crippen molar-refractivity contribution in [3.63, 3.8) is 0 Å². The van der Waals surface area contributed by atoms with Crippen molar-refractivity contribution >= 4 is 29.1 Å². The smallest absolute Gasteiger partial charge is 0.238 e. The molecule has 8 heteroatoms. The average Bonchev–Trinajstić information content (AvgIpc) is 2.98. The van der Waals surface area contributed by atoms with Gasteiger partial charge in [-0.2, -0.15) is 0 Å². The quantitative estimate of drug-likeness (QED) is 0.719. The molecule has 0 aliphatic carbocycles. The largest absolute Gasteiger partial charge is 0.350 e. The third-order valence-corrected chi connectivity index (χ3v) is 5.47. The molecule has 3 rings (SSSR count). The van der Waals surface area contributed by atoms with Crippen LogP contribution in [0.4, 0.5) is 11.4 Å². The Bertz CT molecular complexity index is 787. The van der Waals surface area contributed by atoms with E-state index in [1.54, 1.807) is 4.90 Å². The molecule has 8 nitrogen and oxygen atoms in total. The Kier molecular flexibility index (Phi) is 7.67. The maximum Gasteiger partial charge on any atom is 0.238 e. The topological polar surface area (TPSA) is 85.0 Å². The second kappa shape index (κ2) is 10.2. The number of hydrogen-bond donors (Lipinski definition) is 2. The molecule has 0 bridgehead atoms. The lowest BCUT2D eigenvalue weighted by molar-refractivity contribution is -0.123. The first-order valence-corrected chi connectivity index (χ1v) is 11.2. The highest BCUT2D eigenvalue weighted by Crippen LogP contribution is 2.23. The van der Waals surface area contributed by atoms with E-state index < -0.39 is 0 Å². The molecule has 0 unspecified atom stereocenters. The van der Waals surface area contributed by atoms with Crippen LogP contribution in [-0.4, -0.2) is 78.9 Å². The van der Waals surface area contributed by atoms with Crippen LogP contribution in [0.3, 0.4) is 0 Å². The van der Waals surface area contributed by atoms with Crippen molar-refractivity contribution in [2.24, 2.45) is 0 Å². The van der Waals surface area contributed by atoms with Crippen molar-refractivity contribution in [2.45, 2.75) is 45.6 Å². The van der Waals surface area contributed by atoms with E-state index in [2.05, 4.69) is 20.4 Å². The Morgan fingerprint density at radius 3 is 2.03 bits per heavy atom. The third-order valence-electron chi connectivity index (χ3n) is 5.47. The fourth-order valence-electron chi connectivity index (χ4n) is 4.05. The molecular weight excluding hydrogens is 394 g/mol. The van der Waals surface area contributed by atoms with Crippen LogP contribution in [0.5, 0.6) is 0 Å². The van der Waals surface area contributed by atoms with Gasteiger partial charge in [0.1, 0.15) is 0 Å². The summed E-state index contributed by atoms with van der Waals surface area (Å²) in [6.45, 7) is 10.6. The molecule has 31 heavy (non-hydrogen) atoms. The molecule has 2 aliphatic rings. The number of rotatable bonds is 6. The zero-order valence-corrected chi connectivity index (χ0v) is 18.9. The van der Waals surface area contributed by atoms with Crippen LogP contribution >= 0.6 is 0 Å². The maximum atomic E-state index is 12.5. The van der Waals surface area contributed by atoms with E-state index in [1.165, 1.54) is 0 Å². The van der Waals surface area contributed by atoms with E-state index in [4.69, 9.17) is 0 Å². The van der Waals surface area contributed by atoms with Crippen LogP contribution in [0.2, 0.25) is 0 Å². The molecule has 2 N–H and O–H groups in total. The predicted molar refractivity (Wildman–Crippen MR) is 122 cm³/mol. The summed E-state index contributed by atoms with van der Waals surface area (Å²) < 4.78 is 0. The molecule has 2 fully saturated rings. The zero-order valence-electron chi connectivity index (χ0n) is 18.9. The van der Waals surface area contributed by atoms with Gasteiger partial charge in [0.05, 0.1) is 13.1 Å². The summed E-state index contributed by atoms with van der Waals surface area (Å²) >= 11 is 0. The predicted octanol–water partition coefficient (Wildman–Crippen LogP) is 1.67. The van der Waals surface area contributed by atoms with E-state index in [-0.39, 0.29) is 23.3 Å². The van der Waals surface area contributed by atoms with Gasteiger partial charge in [0.2, 0.25) is 17.7 Å². The number of anilines is 2. The summed E-state index contributed by atoms with van der Waals surface area (Å²) in [5, 5.41) is 5.95. The molecule has 3 amide bonds. The molecule has 2 heterocycles. The molecule has 170 valence electrons. The minimum Gasteiger partial charge on any atom is -0.350 e. The van der Waals surface area contributed by atoms with Gasteiger partial charge in [-0.05, 0) is 71.0 Å². The normalized spacial score (nSPS) is 18.7. The summed E-state index contributed by atoms with van der Waals surface area (Å²) in [5.41, 5.74) is 1.38. The van der Waals surface area contributed by atoms with Crippen LogP contribution < -0.4 is 15.5 Å². The molecule has 0 radical (unpaired) electrons. The van der Waals surface area contributed by atoms with Gasteiger partial charge in [-0.3, -0.25) is 24.2 Å². The standard InChI is InChI=1S/C23H35N5O3/c1-23(2,3)25-21(30)17-27-12-5-11-26(14-15-27)16-20(29)24-18-7-9-19(10-8-18)28-13-4-6-22(28)31/h7-10H,4-6,11-17H2,1-3H3,(H,24,29)(H,25,30). The van der Waals surface area contributed by atoms with E-state index >= 15 is 0 Å². The first-order chi connectivity index (χ1) is 14.7. The number of nitrogens with zero attached hydrogens (tertiary/aromatic N) is 3. The van der Waals surface area contributed by atoms with Gasteiger partial charge >= 0.3 is 0 Å². The Hall–Kier alpha value is -2.45. The van der Waals surface area contributed by atoms with Gasteiger partial charge in [-0.1, -0.05) is 0 Å². The molecule has 0 atom stereocenters. The molecule has 0 spiro atoms. The van der Waals surface area contributed by atoms with Crippen LogP contribution in [0, 0.1) is 0 Å². The molecule has 1 aromatic rings. The molecular formula is C23H35N5O3. The highest BCUT2D eigenvalue weighted by Gasteiger charge is 2.22. The fraction of sp³-hybridized carbons (Fsp3) is 0.609. The number of benzene rings is 1. The molecule has 1 aromatic carbocycles. The fourth-order valence-corrected chi connectivity index (χ4v) is 4.05. The SMILES string of the molecule is CC(C)(C)NC(=O)CN1CCCN(CC(=O)Nc2ccc(N3CCCC3=O)cc2)CC1. The maximum absolute atomic E-state index is 12.5. The van der Waals surface area contributed by atoms with Crippen LogP contribution in [0.15, 0.2) is 24.3 Å². The number of amides is 3. The second-order valence-corrected chi connectivity index (χ2v) is 9.45. The Morgan fingerprint density at radius 2 is 1.48 bits per heavy atom. The summed E-state index contributed by atoms with van der Waals surface area (Å²) in [4.78, 5) is 42.6. The number of hydrogen-bond acceptors (Lipinski definition) is 5. The highest BCUT2D eigenvalue weighted by atomic mass is 16.2. The van der Waals surface area contributed by atoms with Crippen LogP contribution in [-0.2, 0) is 14.4 Å². The van der Waals surface area contributed by atoms with E-state index in [9.17, 15) is 14.4 Å². The van der Waals surface area contributed by atoms with Gasteiger partial charge in [0, 0.05) is 43.0 Å². The lowest BCUT2D eigenvalue weighted by Gasteiger charge is -2.25. The lowest BCUT2D eigenvalue weighted by Crippen LogP contribution is -2.46. The Morgan fingerprint density at radius 1 is 0.871 bits per heavy atom. The summed E-state index contributed by atoms with van der Waals surface area (Å²) in [6, 6.07) is 7.45. The molecule has 0 aromatic heterocycles. The Balaban J connectivity index is 1.43. The van der Waals surface area contributed by atoms with E-state index in [0.29, 0.717) is 19.5 Å². The zero-order chi connectivity index (χ0) is 22.4. The number of carbonyl (C=O) groups excluding carboxylic acids is 3. The minimum absolute atomic E-state index is 0.0396. The highest BCUT2D eigenvalue weighted by molar-refractivity contribution is 5.96. The molecule has 2 aliphatic heterocycles. The first kappa shape index (κ1) is 23.2. The first-order valence-electron chi connectivity index (χ1n) is 11.2. The van der Waals surface area contributed by atoms with Crippen LogP contribution in [0.1, 0.15) is 40.0 Å². The summed E-state index contributed by atoms with van der Waals surface area (Å²) in [5.74, 6) is 0.143. The minimum atomic E-state index is -0.227. The third kappa shape index (κ3) is 7.33. The lowest BCUT2D eigenvalue weighted by atomic mass is 10.1. The number of nitrogens with one attached hydrogen (secondary N) is 2. The van der Waals surface area contributed by atoms with Crippen molar-refractivity contribution < 1.29 is 14.4 Å². The van der Waals surface area contributed by atoms with Gasteiger partial charge in [-0.15, -0.1) is 0 Å². The molecule has 0 saturated carbocycles. The van der Waals surface area contributed by atoms with E-state index in [0.717, 1.165) is 56.9 Å². The van der Waals surface area contributed by atoms with E-state index in [1.807, 2.05) is 45.0 Å². The van der Waals surface area contributed by atoms with Crippen molar-refractivity contribution in [1.29, 1.82) is 0 Å². The average molecular weight is 430 g/mol. The van der Waals surface area contributed by atoms with Crippen molar-refractivity contribution in [3.8, 4) is 0 Å². The van der Waals surface area contributed by atoms with Crippen molar-refractivity contribution in [2.75, 3.05) is 56.0 Å². The summed E-state index contributed by atoms with van der Waals surface area (Å²) in [7, 11) is 0. The Labute approximate surface area is 184 Å². The monoisotopic (exact) mass is 429 g/mol. The van der Waals surface area contributed by atoms with Gasteiger partial charge < -0.3 is 15.5 Å². The van der Waals surface area contributed by atoms with Gasteiger partial charge in [-0.25, -0.2) is 0 Å². The molecule has 2 saturated heterocycles. The summed E-state index contributed by atoms with van der Waals surface area (Å²) in [6.07, 6.45) is 2.42.